The normalized spacial score (nSPS) is 10.4. The van der Waals surface area contributed by atoms with Gasteiger partial charge >= 0.3 is 0 Å². The predicted octanol–water partition coefficient (Wildman–Crippen LogP) is 3.00. The van der Waals surface area contributed by atoms with Crippen molar-refractivity contribution in [3.05, 3.63) is 41.2 Å². The third kappa shape index (κ3) is 3.84. The van der Waals surface area contributed by atoms with Gasteiger partial charge in [0.15, 0.2) is 0 Å². The van der Waals surface area contributed by atoms with Gasteiger partial charge in [0.05, 0.1) is 18.0 Å². The number of amides is 1. The van der Waals surface area contributed by atoms with Crippen LogP contribution in [0.2, 0.25) is 0 Å². The summed E-state index contributed by atoms with van der Waals surface area (Å²) in [7, 11) is 0. The molecule has 0 saturated heterocycles. The number of anilines is 1. The van der Waals surface area contributed by atoms with E-state index in [-0.39, 0.29) is 5.91 Å². The van der Waals surface area contributed by atoms with Crippen LogP contribution < -0.4 is 10.1 Å². The summed E-state index contributed by atoms with van der Waals surface area (Å²) in [5, 5.41) is 9.98. The second kappa shape index (κ2) is 6.92. The monoisotopic (exact) mass is 287 g/mol. The minimum atomic E-state index is -0.0258. The van der Waals surface area contributed by atoms with Crippen molar-refractivity contribution in [2.24, 2.45) is 0 Å². The summed E-state index contributed by atoms with van der Waals surface area (Å²) < 4.78 is 5.50. The fraction of sp³-hybridized carbons (Fsp3) is 0.375. The second-order valence-electron chi connectivity index (χ2n) is 4.89. The highest BCUT2D eigenvalue weighted by Crippen LogP contribution is 2.24. The number of carbonyl (C=O) groups is 1. The standard InChI is InChI=1S/C16H21N3O2/c1-4-21-15-8-6-5-7-14(15)17-16(20)10-9-13-11(2)18-19-12(13)3/h5-8H,4,9-10H2,1-3H3,(H,17,20)(H,18,19). The van der Waals surface area contributed by atoms with Crippen molar-refractivity contribution in [1.29, 1.82) is 0 Å². The summed E-state index contributed by atoms with van der Waals surface area (Å²) >= 11 is 0. The van der Waals surface area contributed by atoms with Gasteiger partial charge in [0.2, 0.25) is 5.91 Å². The molecule has 21 heavy (non-hydrogen) atoms. The maximum Gasteiger partial charge on any atom is 0.224 e. The number of aromatic amines is 1. The lowest BCUT2D eigenvalue weighted by atomic mass is 10.1. The Morgan fingerprint density at radius 2 is 2.10 bits per heavy atom. The van der Waals surface area contributed by atoms with Crippen LogP contribution in [0, 0.1) is 13.8 Å². The van der Waals surface area contributed by atoms with Gasteiger partial charge in [0.25, 0.3) is 0 Å². The molecule has 5 heteroatoms. The molecule has 0 saturated carbocycles. The molecule has 0 spiro atoms. The van der Waals surface area contributed by atoms with E-state index < -0.39 is 0 Å². The Balaban J connectivity index is 1.96. The molecule has 5 nitrogen and oxygen atoms in total. The number of hydrogen-bond acceptors (Lipinski definition) is 3. The Hall–Kier alpha value is -2.30. The lowest BCUT2D eigenvalue weighted by molar-refractivity contribution is -0.116. The highest BCUT2D eigenvalue weighted by Gasteiger charge is 2.11. The molecule has 0 aliphatic carbocycles. The number of benzene rings is 1. The predicted molar refractivity (Wildman–Crippen MR) is 82.6 cm³/mol. The van der Waals surface area contributed by atoms with E-state index in [9.17, 15) is 4.79 Å². The second-order valence-corrected chi connectivity index (χ2v) is 4.89. The van der Waals surface area contributed by atoms with Gasteiger partial charge in [-0.25, -0.2) is 0 Å². The Bertz CT molecular complexity index is 600. The Morgan fingerprint density at radius 3 is 2.76 bits per heavy atom. The van der Waals surface area contributed by atoms with Crippen molar-refractivity contribution in [3.8, 4) is 5.75 Å². The van der Waals surface area contributed by atoms with Crippen LogP contribution in [0.4, 0.5) is 5.69 Å². The highest BCUT2D eigenvalue weighted by molar-refractivity contribution is 5.92. The number of nitrogens with one attached hydrogen (secondary N) is 2. The van der Waals surface area contributed by atoms with E-state index in [4.69, 9.17) is 4.74 Å². The fourth-order valence-corrected chi connectivity index (χ4v) is 2.24. The molecule has 1 aromatic heterocycles. The molecule has 0 atom stereocenters. The first kappa shape index (κ1) is 15.1. The van der Waals surface area contributed by atoms with Crippen molar-refractivity contribution < 1.29 is 9.53 Å². The Kier molecular flexibility index (Phi) is 4.98. The number of rotatable bonds is 6. The molecule has 0 radical (unpaired) electrons. The molecule has 2 aromatic rings. The molecular weight excluding hydrogens is 266 g/mol. The Morgan fingerprint density at radius 1 is 1.33 bits per heavy atom. The van der Waals surface area contributed by atoms with Crippen LogP contribution >= 0.6 is 0 Å². The van der Waals surface area contributed by atoms with Crippen LogP contribution in [-0.2, 0) is 11.2 Å². The van der Waals surface area contributed by atoms with Crippen LogP contribution in [0.25, 0.3) is 0 Å². The zero-order chi connectivity index (χ0) is 15.2. The fourth-order valence-electron chi connectivity index (χ4n) is 2.24. The molecule has 0 fully saturated rings. The van der Waals surface area contributed by atoms with Gasteiger partial charge in [-0.15, -0.1) is 0 Å². The van der Waals surface area contributed by atoms with Gasteiger partial charge in [0, 0.05) is 12.1 Å². The molecule has 1 amide bonds. The van der Waals surface area contributed by atoms with Gasteiger partial charge < -0.3 is 10.1 Å². The van der Waals surface area contributed by atoms with Gasteiger partial charge in [-0.1, -0.05) is 12.1 Å². The Labute approximate surface area is 124 Å². The molecule has 1 aromatic carbocycles. The summed E-state index contributed by atoms with van der Waals surface area (Å²) in [6.45, 7) is 6.40. The zero-order valence-corrected chi connectivity index (χ0v) is 12.7. The molecule has 0 bridgehead atoms. The molecule has 0 aliphatic rings. The average Bonchev–Trinajstić information content (AvgIpc) is 2.78. The molecule has 1 heterocycles. The summed E-state index contributed by atoms with van der Waals surface area (Å²) in [5.41, 5.74) is 3.80. The van der Waals surface area contributed by atoms with E-state index >= 15 is 0 Å². The molecule has 0 unspecified atom stereocenters. The summed E-state index contributed by atoms with van der Waals surface area (Å²) in [4.78, 5) is 12.1. The highest BCUT2D eigenvalue weighted by atomic mass is 16.5. The molecule has 0 aliphatic heterocycles. The van der Waals surface area contributed by atoms with E-state index in [1.54, 1.807) is 0 Å². The van der Waals surface area contributed by atoms with E-state index in [2.05, 4.69) is 15.5 Å². The van der Waals surface area contributed by atoms with Gasteiger partial charge in [0.1, 0.15) is 5.75 Å². The zero-order valence-electron chi connectivity index (χ0n) is 12.7. The first-order valence-electron chi connectivity index (χ1n) is 7.14. The smallest absolute Gasteiger partial charge is 0.224 e. The van der Waals surface area contributed by atoms with Crippen molar-refractivity contribution in [1.82, 2.24) is 10.2 Å². The van der Waals surface area contributed by atoms with Crippen LogP contribution in [-0.4, -0.2) is 22.7 Å². The van der Waals surface area contributed by atoms with E-state index in [1.807, 2.05) is 45.0 Å². The molecule has 2 rings (SSSR count). The van der Waals surface area contributed by atoms with Crippen molar-refractivity contribution in [2.45, 2.75) is 33.6 Å². The molecular formula is C16H21N3O2. The van der Waals surface area contributed by atoms with Crippen LogP contribution in [0.15, 0.2) is 24.3 Å². The quantitative estimate of drug-likeness (QED) is 0.858. The largest absolute Gasteiger partial charge is 0.492 e. The number of carbonyl (C=O) groups excluding carboxylic acids is 1. The third-order valence-electron chi connectivity index (χ3n) is 3.34. The van der Waals surface area contributed by atoms with E-state index in [1.165, 1.54) is 0 Å². The number of ether oxygens (including phenoxy) is 1. The number of nitrogens with zero attached hydrogens (tertiary/aromatic N) is 1. The van der Waals surface area contributed by atoms with Crippen molar-refractivity contribution in [2.75, 3.05) is 11.9 Å². The van der Waals surface area contributed by atoms with Gasteiger partial charge in [-0.3, -0.25) is 9.89 Å². The third-order valence-corrected chi connectivity index (χ3v) is 3.34. The van der Waals surface area contributed by atoms with E-state index in [0.717, 1.165) is 17.0 Å². The average molecular weight is 287 g/mol. The lowest BCUT2D eigenvalue weighted by Gasteiger charge is -2.11. The lowest BCUT2D eigenvalue weighted by Crippen LogP contribution is -2.13. The van der Waals surface area contributed by atoms with Gasteiger partial charge in [-0.05, 0) is 44.9 Å². The van der Waals surface area contributed by atoms with Crippen LogP contribution in [0.1, 0.15) is 30.3 Å². The molecule has 112 valence electrons. The summed E-state index contributed by atoms with van der Waals surface area (Å²) in [6.07, 6.45) is 1.10. The van der Waals surface area contributed by atoms with Gasteiger partial charge in [-0.2, -0.15) is 5.10 Å². The van der Waals surface area contributed by atoms with Crippen LogP contribution in [0.3, 0.4) is 0 Å². The maximum atomic E-state index is 12.1. The van der Waals surface area contributed by atoms with Crippen molar-refractivity contribution >= 4 is 11.6 Å². The van der Waals surface area contributed by atoms with Crippen molar-refractivity contribution in [3.63, 3.8) is 0 Å². The van der Waals surface area contributed by atoms with Crippen LogP contribution in [0.5, 0.6) is 5.75 Å². The summed E-state index contributed by atoms with van der Waals surface area (Å²) in [6, 6.07) is 7.46. The number of aromatic nitrogens is 2. The SMILES string of the molecule is CCOc1ccccc1NC(=O)CCc1c(C)n[nH]c1C. The number of para-hydroxylation sites is 2. The minimum Gasteiger partial charge on any atom is -0.492 e. The van der Waals surface area contributed by atoms with E-state index in [0.29, 0.717) is 30.9 Å². The maximum absolute atomic E-state index is 12.1. The molecule has 2 N–H and O–H groups in total. The first-order chi connectivity index (χ1) is 10.1. The number of H-pyrrole nitrogens is 1. The number of hydrogen-bond donors (Lipinski definition) is 2. The summed E-state index contributed by atoms with van der Waals surface area (Å²) in [5.74, 6) is 0.672. The minimum absolute atomic E-state index is 0.0258. The number of aryl methyl sites for hydroxylation is 2. The first-order valence-corrected chi connectivity index (χ1v) is 7.14. The topological polar surface area (TPSA) is 67.0 Å².